The van der Waals surface area contributed by atoms with Crippen LogP contribution in [-0.2, 0) is 19.1 Å². The maximum absolute atomic E-state index is 12.7. The molecule has 2 amide bonds. The van der Waals surface area contributed by atoms with Crippen molar-refractivity contribution in [1.82, 2.24) is 4.90 Å². The third-order valence-corrected chi connectivity index (χ3v) is 6.07. The molecule has 2 fully saturated rings. The highest BCUT2D eigenvalue weighted by molar-refractivity contribution is 8.24. The highest BCUT2D eigenvalue weighted by Gasteiger charge is 2.39. The summed E-state index contributed by atoms with van der Waals surface area (Å²) in [6.45, 7) is 3.10. The molecule has 2 saturated heterocycles. The Balaban J connectivity index is 1.60. The zero-order chi connectivity index (χ0) is 20.1. The lowest BCUT2D eigenvalue weighted by Crippen LogP contribution is -2.38. The van der Waals surface area contributed by atoms with Gasteiger partial charge in [-0.15, -0.1) is 0 Å². The van der Waals surface area contributed by atoms with Gasteiger partial charge in [0, 0.05) is 13.0 Å². The topological polar surface area (TPSA) is 84.9 Å². The molecule has 150 valence electrons. The summed E-state index contributed by atoms with van der Waals surface area (Å²) in [7, 11) is 0. The van der Waals surface area contributed by atoms with Crippen molar-refractivity contribution in [3.8, 4) is 0 Å². The summed E-state index contributed by atoms with van der Waals surface area (Å²) in [4.78, 5) is 38.7. The van der Waals surface area contributed by atoms with Crippen LogP contribution in [0.2, 0.25) is 0 Å². The van der Waals surface area contributed by atoms with E-state index < -0.39 is 11.2 Å². The number of thiocarbonyl (C=S) groups is 1. The van der Waals surface area contributed by atoms with Crippen LogP contribution in [0.15, 0.2) is 24.3 Å². The van der Waals surface area contributed by atoms with Crippen molar-refractivity contribution in [1.29, 1.82) is 0 Å². The number of anilines is 1. The number of hydrogen-bond donors (Lipinski definition) is 1. The second kappa shape index (κ2) is 9.49. The second-order valence-electron chi connectivity index (χ2n) is 6.47. The van der Waals surface area contributed by atoms with Gasteiger partial charge in [0.1, 0.15) is 4.32 Å². The van der Waals surface area contributed by atoms with Crippen molar-refractivity contribution >= 4 is 51.8 Å². The summed E-state index contributed by atoms with van der Waals surface area (Å²) in [5, 5.41) is 2.14. The van der Waals surface area contributed by atoms with Crippen LogP contribution in [0.3, 0.4) is 0 Å². The zero-order valence-electron chi connectivity index (χ0n) is 15.5. The summed E-state index contributed by atoms with van der Waals surface area (Å²) >= 11 is 6.54. The van der Waals surface area contributed by atoms with Crippen LogP contribution in [0.1, 0.15) is 36.5 Å². The average Bonchev–Trinajstić information content (AvgIpc) is 3.27. The van der Waals surface area contributed by atoms with E-state index in [1.165, 1.54) is 11.8 Å². The molecular formula is C19H22N2O5S2. The van der Waals surface area contributed by atoms with Crippen molar-refractivity contribution in [2.45, 2.75) is 37.5 Å². The van der Waals surface area contributed by atoms with Gasteiger partial charge < -0.3 is 14.8 Å². The number of ether oxygens (including phenoxy) is 2. The van der Waals surface area contributed by atoms with E-state index in [9.17, 15) is 14.4 Å². The molecule has 2 heterocycles. The lowest BCUT2D eigenvalue weighted by atomic mass is 10.1. The molecule has 2 aliphatic heterocycles. The Kier molecular flexibility index (Phi) is 7.03. The van der Waals surface area contributed by atoms with E-state index in [-0.39, 0.29) is 36.5 Å². The van der Waals surface area contributed by atoms with Gasteiger partial charge in [0.15, 0.2) is 0 Å². The summed E-state index contributed by atoms with van der Waals surface area (Å²) in [6, 6.07) is 6.62. The Morgan fingerprint density at radius 1 is 1.39 bits per heavy atom. The SMILES string of the molecule is CCOC(=O)c1ccccc1NC(=O)C[C@H]1SC(=S)N(C[C@H]2CCCO2)C1=O. The Labute approximate surface area is 173 Å². The van der Waals surface area contributed by atoms with Crippen LogP contribution in [0, 0.1) is 0 Å². The minimum atomic E-state index is -0.566. The predicted octanol–water partition coefficient (Wildman–Crippen LogP) is 2.60. The molecule has 2 atom stereocenters. The molecule has 0 spiro atoms. The molecule has 1 aromatic rings. The first kappa shape index (κ1) is 20.8. The van der Waals surface area contributed by atoms with Crippen molar-refractivity contribution in [2.75, 3.05) is 25.1 Å². The van der Waals surface area contributed by atoms with E-state index in [2.05, 4.69) is 5.32 Å². The van der Waals surface area contributed by atoms with E-state index in [0.29, 0.717) is 23.2 Å². The lowest BCUT2D eigenvalue weighted by molar-refractivity contribution is -0.129. The fraction of sp³-hybridized carbons (Fsp3) is 0.474. The van der Waals surface area contributed by atoms with Gasteiger partial charge in [-0.05, 0) is 31.9 Å². The van der Waals surface area contributed by atoms with Crippen LogP contribution in [0.5, 0.6) is 0 Å². The monoisotopic (exact) mass is 422 g/mol. The molecule has 0 saturated carbocycles. The first-order valence-electron chi connectivity index (χ1n) is 9.19. The molecule has 0 radical (unpaired) electrons. The fourth-order valence-corrected chi connectivity index (χ4v) is 4.64. The van der Waals surface area contributed by atoms with E-state index in [1.54, 1.807) is 36.1 Å². The molecule has 28 heavy (non-hydrogen) atoms. The van der Waals surface area contributed by atoms with Gasteiger partial charge in [-0.2, -0.15) is 0 Å². The number of rotatable bonds is 7. The van der Waals surface area contributed by atoms with Crippen molar-refractivity contribution < 1.29 is 23.9 Å². The van der Waals surface area contributed by atoms with Crippen LogP contribution >= 0.6 is 24.0 Å². The number of esters is 1. The number of thioether (sulfide) groups is 1. The number of nitrogens with zero attached hydrogens (tertiary/aromatic N) is 1. The van der Waals surface area contributed by atoms with E-state index in [1.807, 2.05) is 0 Å². The molecule has 0 unspecified atom stereocenters. The Bertz CT molecular complexity index is 779. The van der Waals surface area contributed by atoms with Crippen molar-refractivity contribution in [3.05, 3.63) is 29.8 Å². The van der Waals surface area contributed by atoms with Crippen LogP contribution < -0.4 is 5.32 Å². The van der Waals surface area contributed by atoms with Gasteiger partial charge in [-0.3, -0.25) is 14.5 Å². The third kappa shape index (κ3) is 4.89. The number of benzene rings is 1. The number of carbonyl (C=O) groups is 3. The highest BCUT2D eigenvalue weighted by Crippen LogP contribution is 2.31. The number of hydrogen-bond acceptors (Lipinski definition) is 7. The van der Waals surface area contributed by atoms with Gasteiger partial charge in [-0.1, -0.05) is 36.1 Å². The maximum atomic E-state index is 12.7. The lowest BCUT2D eigenvalue weighted by Gasteiger charge is -2.19. The second-order valence-corrected chi connectivity index (χ2v) is 8.31. The minimum Gasteiger partial charge on any atom is -0.462 e. The summed E-state index contributed by atoms with van der Waals surface area (Å²) in [5.41, 5.74) is 0.638. The predicted molar refractivity (Wildman–Crippen MR) is 110 cm³/mol. The molecule has 3 rings (SSSR count). The molecule has 1 aromatic carbocycles. The normalized spacial score (nSPS) is 21.8. The number of carbonyl (C=O) groups excluding carboxylic acids is 3. The van der Waals surface area contributed by atoms with Crippen molar-refractivity contribution in [3.63, 3.8) is 0 Å². The summed E-state index contributed by atoms with van der Waals surface area (Å²) < 4.78 is 11.1. The van der Waals surface area contributed by atoms with E-state index >= 15 is 0 Å². The minimum absolute atomic E-state index is 0.00605. The molecule has 0 aliphatic carbocycles. The molecule has 1 N–H and O–H groups in total. The largest absolute Gasteiger partial charge is 0.462 e. The molecule has 9 heteroatoms. The van der Waals surface area contributed by atoms with Crippen LogP contribution in [0.4, 0.5) is 5.69 Å². The number of nitrogens with one attached hydrogen (secondary N) is 1. The Hall–Kier alpha value is -1.97. The smallest absolute Gasteiger partial charge is 0.340 e. The highest BCUT2D eigenvalue weighted by atomic mass is 32.2. The Morgan fingerprint density at radius 2 is 2.18 bits per heavy atom. The van der Waals surface area contributed by atoms with Gasteiger partial charge in [-0.25, -0.2) is 4.79 Å². The van der Waals surface area contributed by atoms with Crippen LogP contribution in [0.25, 0.3) is 0 Å². The summed E-state index contributed by atoms with van der Waals surface area (Å²) in [5.74, 6) is -1.03. The van der Waals surface area contributed by atoms with E-state index in [4.69, 9.17) is 21.7 Å². The van der Waals surface area contributed by atoms with Crippen molar-refractivity contribution in [2.24, 2.45) is 0 Å². The molecule has 0 aromatic heterocycles. The Morgan fingerprint density at radius 3 is 2.89 bits per heavy atom. The maximum Gasteiger partial charge on any atom is 0.340 e. The fourth-order valence-electron chi connectivity index (χ4n) is 3.13. The standard InChI is InChI=1S/C19H22N2O5S2/c1-2-25-18(24)13-7-3-4-8-14(13)20-16(22)10-15-17(23)21(19(27)28-15)11-12-6-5-9-26-12/h3-4,7-8,12,15H,2,5-6,9-11H2,1H3,(H,20,22)/t12-,15-/m1/s1. The zero-order valence-corrected chi connectivity index (χ0v) is 17.1. The van der Waals surface area contributed by atoms with Crippen LogP contribution in [-0.4, -0.2) is 58.1 Å². The first-order valence-corrected chi connectivity index (χ1v) is 10.5. The third-order valence-electron chi connectivity index (χ3n) is 4.48. The van der Waals surface area contributed by atoms with E-state index in [0.717, 1.165) is 12.8 Å². The van der Waals surface area contributed by atoms with Gasteiger partial charge in [0.05, 0.1) is 35.8 Å². The first-order chi connectivity index (χ1) is 13.5. The van der Waals surface area contributed by atoms with Gasteiger partial charge >= 0.3 is 5.97 Å². The molecular weight excluding hydrogens is 400 g/mol. The quantitative estimate of drug-likeness (QED) is 0.534. The van der Waals surface area contributed by atoms with Gasteiger partial charge in [0.2, 0.25) is 11.8 Å². The number of amides is 2. The molecule has 7 nitrogen and oxygen atoms in total. The molecule has 2 aliphatic rings. The number of para-hydroxylation sites is 1. The molecule has 0 bridgehead atoms. The summed E-state index contributed by atoms with van der Waals surface area (Å²) in [6.07, 6.45) is 1.88. The van der Waals surface area contributed by atoms with Gasteiger partial charge in [0.25, 0.3) is 0 Å². The average molecular weight is 423 g/mol.